The van der Waals surface area contributed by atoms with Gasteiger partial charge >= 0.3 is 0 Å². The molecule has 1 aliphatic heterocycles. The summed E-state index contributed by atoms with van der Waals surface area (Å²) in [6.07, 6.45) is 0.967. The number of imidazole rings is 1. The zero-order valence-electron chi connectivity index (χ0n) is 17.9. The second-order valence-corrected chi connectivity index (χ2v) is 8.81. The number of fused-ring (bicyclic) bond motifs is 1. The van der Waals surface area contributed by atoms with E-state index in [0.717, 1.165) is 0 Å². The van der Waals surface area contributed by atoms with Crippen molar-refractivity contribution in [2.75, 3.05) is 6.54 Å². The maximum atomic E-state index is 13.4. The fourth-order valence-electron chi connectivity index (χ4n) is 4.03. The summed E-state index contributed by atoms with van der Waals surface area (Å²) in [6, 6.07) is 3.00. The number of carbonyl (C=O) groups is 4. The van der Waals surface area contributed by atoms with Crippen LogP contribution >= 0.6 is 11.6 Å². The van der Waals surface area contributed by atoms with E-state index in [1.807, 2.05) is 13.8 Å². The van der Waals surface area contributed by atoms with Crippen LogP contribution in [0.15, 0.2) is 18.2 Å². The Balaban J connectivity index is 2.00. The van der Waals surface area contributed by atoms with Crippen LogP contribution in [-0.2, 0) is 14.4 Å². The van der Waals surface area contributed by atoms with Gasteiger partial charge in [-0.2, -0.15) is 0 Å². The first-order chi connectivity index (χ1) is 15.1. The minimum Gasteiger partial charge on any atom is -0.368 e. The third-order valence-corrected chi connectivity index (χ3v) is 5.84. The molecule has 0 bridgehead atoms. The molecular formula is C21H27ClN6O4. The number of halogens is 1. The van der Waals surface area contributed by atoms with E-state index in [1.54, 1.807) is 18.2 Å². The maximum Gasteiger partial charge on any atom is 0.284 e. The molecule has 1 saturated heterocycles. The Morgan fingerprint density at radius 1 is 1.31 bits per heavy atom. The van der Waals surface area contributed by atoms with Gasteiger partial charge in [-0.15, -0.1) is 0 Å². The number of nitrogens with one attached hydrogen (secondary N) is 2. The van der Waals surface area contributed by atoms with Gasteiger partial charge in [-0.1, -0.05) is 31.5 Å². The van der Waals surface area contributed by atoms with Crippen molar-refractivity contribution in [3.8, 4) is 0 Å². The lowest BCUT2D eigenvalue weighted by Crippen LogP contribution is -2.48. The molecule has 0 unspecified atom stereocenters. The quantitative estimate of drug-likeness (QED) is 0.434. The van der Waals surface area contributed by atoms with E-state index in [1.165, 1.54) is 4.57 Å². The summed E-state index contributed by atoms with van der Waals surface area (Å²) < 4.78 is 1.43. The van der Waals surface area contributed by atoms with Gasteiger partial charge in [0.15, 0.2) is 0 Å². The third kappa shape index (κ3) is 4.85. The molecule has 1 aromatic heterocycles. The van der Waals surface area contributed by atoms with Gasteiger partial charge in [0.1, 0.15) is 12.1 Å². The number of nitrogens with zero attached hydrogens (tertiary/aromatic N) is 2. The zero-order valence-corrected chi connectivity index (χ0v) is 18.7. The Hall–Kier alpha value is -3.14. The lowest BCUT2D eigenvalue weighted by Gasteiger charge is -2.25. The second-order valence-electron chi connectivity index (χ2n) is 8.40. The molecule has 32 heavy (non-hydrogen) atoms. The number of hydrogen-bond donors (Lipinski definition) is 4. The standard InChI is InChI=1S/C21H27ClN6O4/c1-10(2)8-15(21(32)27-14(17(23)29)9-11-6-7-25-20(11)31)28-16-12(22)4-3-5-13(16)26-19(28)18(24)30/h3-5,10-11,14-15H,6-9H2,1-2H3,(H2,23,29)(H2,24,30)(H,25,31)(H,27,32)/t11-,14-,15-/m0/s1. The Labute approximate surface area is 190 Å². The zero-order chi connectivity index (χ0) is 23.6. The number of hydrogen-bond acceptors (Lipinski definition) is 5. The Morgan fingerprint density at radius 3 is 2.59 bits per heavy atom. The lowest BCUT2D eigenvalue weighted by atomic mass is 9.97. The number of amides is 4. The summed E-state index contributed by atoms with van der Waals surface area (Å²) in [5, 5.41) is 5.68. The normalized spacial score (nSPS) is 17.9. The first kappa shape index (κ1) is 23.5. The Morgan fingerprint density at radius 2 is 2.03 bits per heavy atom. The summed E-state index contributed by atoms with van der Waals surface area (Å²) >= 11 is 6.39. The molecule has 1 fully saturated rings. The fourth-order valence-corrected chi connectivity index (χ4v) is 4.29. The van der Waals surface area contributed by atoms with Gasteiger partial charge in [0.25, 0.3) is 5.91 Å². The van der Waals surface area contributed by atoms with Crippen LogP contribution in [0.2, 0.25) is 5.02 Å². The van der Waals surface area contributed by atoms with Gasteiger partial charge < -0.3 is 26.7 Å². The van der Waals surface area contributed by atoms with Crippen molar-refractivity contribution in [2.24, 2.45) is 23.3 Å². The molecule has 10 nitrogen and oxygen atoms in total. The summed E-state index contributed by atoms with van der Waals surface area (Å²) in [7, 11) is 0. The average molecular weight is 463 g/mol. The summed E-state index contributed by atoms with van der Waals surface area (Å²) in [4.78, 5) is 53.8. The summed E-state index contributed by atoms with van der Waals surface area (Å²) in [6.45, 7) is 4.35. The van der Waals surface area contributed by atoms with Crippen LogP contribution in [0.25, 0.3) is 11.0 Å². The smallest absolute Gasteiger partial charge is 0.284 e. The summed E-state index contributed by atoms with van der Waals surface area (Å²) in [5.41, 5.74) is 11.9. The van der Waals surface area contributed by atoms with Crippen molar-refractivity contribution in [1.82, 2.24) is 20.2 Å². The van der Waals surface area contributed by atoms with Crippen LogP contribution in [-0.4, -0.2) is 45.8 Å². The van der Waals surface area contributed by atoms with E-state index in [4.69, 9.17) is 23.1 Å². The number of rotatable bonds is 9. The van der Waals surface area contributed by atoms with Crippen LogP contribution < -0.4 is 22.1 Å². The monoisotopic (exact) mass is 462 g/mol. The van der Waals surface area contributed by atoms with Crippen molar-refractivity contribution >= 4 is 46.3 Å². The second kappa shape index (κ2) is 9.56. The molecule has 0 aliphatic carbocycles. The largest absolute Gasteiger partial charge is 0.368 e. The number of para-hydroxylation sites is 1. The highest BCUT2D eigenvalue weighted by atomic mass is 35.5. The average Bonchev–Trinajstić information content (AvgIpc) is 3.29. The van der Waals surface area contributed by atoms with E-state index in [9.17, 15) is 19.2 Å². The van der Waals surface area contributed by atoms with Gasteiger partial charge in [-0.3, -0.25) is 19.2 Å². The van der Waals surface area contributed by atoms with Gasteiger partial charge in [-0.25, -0.2) is 4.98 Å². The Bertz CT molecular complexity index is 1070. The molecular weight excluding hydrogens is 436 g/mol. The van der Waals surface area contributed by atoms with E-state index >= 15 is 0 Å². The molecule has 0 spiro atoms. The molecule has 1 aromatic carbocycles. The van der Waals surface area contributed by atoms with Gasteiger partial charge in [-0.05, 0) is 37.3 Å². The molecule has 4 amide bonds. The molecule has 2 aromatic rings. The van der Waals surface area contributed by atoms with Gasteiger partial charge in [0, 0.05) is 12.5 Å². The van der Waals surface area contributed by atoms with Crippen molar-refractivity contribution in [3.63, 3.8) is 0 Å². The van der Waals surface area contributed by atoms with Crippen molar-refractivity contribution in [1.29, 1.82) is 0 Å². The van der Waals surface area contributed by atoms with Crippen LogP contribution in [0, 0.1) is 11.8 Å². The molecule has 3 atom stereocenters. The van der Waals surface area contributed by atoms with Gasteiger partial charge in [0.2, 0.25) is 23.5 Å². The lowest BCUT2D eigenvalue weighted by molar-refractivity contribution is -0.131. The van der Waals surface area contributed by atoms with E-state index in [0.29, 0.717) is 35.4 Å². The highest BCUT2D eigenvalue weighted by molar-refractivity contribution is 6.35. The molecule has 3 rings (SSSR count). The molecule has 2 heterocycles. The van der Waals surface area contributed by atoms with E-state index < -0.39 is 35.7 Å². The predicted molar refractivity (Wildman–Crippen MR) is 119 cm³/mol. The molecule has 0 radical (unpaired) electrons. The molecule has 0 saturated carbocycles. The fraction of sp³-hybridized carbons (Fsp3) is 0.476. The van der Waals surface area contributed by atoms with Gasteiger partial charge in [0.05, 0.1) is 16.1 Å². The predicted octanol–water partition coefficient (Wildman–Crippen LogP) is 0.872. The van der Waals surface area contributed by atoms with Crippen molar-refractivity contribution in [3.05, 3.63) is 29.0 Å². The number of carbonyl (C=O) groups excluding carboxylic acids is 4. The minimum atomic E-state index is -1.05. The summed E-state index contributed by atoms with van der Waals surface area (Å²) in [5.74, 6) is -2.76. The molecule has 6 N–H and O–H groups in total. The Kier molecular flexibility index (Phi) is 7.02. The maximum absolute atomic E-state index is 13.4. The minimum absolute atomic E-state index is 0.0408. The SMILES string of the molecule is CC(C)C[C@@H](C(=O)N[C@@H](C[C@@H]1CCNC1=O)C(N)=O)n1c(C(N)=O)nc2cccc(Cl)c21. The third-order valence-electron chi connectivity index (χ3n) is 5.53. The van der Waals surface area contributed by atoms with E-state index in [2.05, 4.69) is 15.6 Å². The molecule has 172 valence electrons. The van der Waals surface area contributed by atoms with Crippen LogP contribution in [0.4, 0.5) is 0 Å². The first-order valence-corrected chi connectivity index (χ1v) is 10.8. The van der Waals surface area contributed by atoms with Crippen LogP contribution in [0.1, 0.15) is 49.8 Å². The highest BCUT2D eigenvalue weighted by Gasteiger charge is 2.34. The topological polar surface area (TPSA) is 162 Å². The number of nitrogens with two attached hydrogens (primary N) is 2. The highest BCUT2D eigenvalue weighted by Crippen LogP contribution is 2.31. The number of benzene rings is 1. The number of primary amides is 2. The van der Waals surface area contributed by atoms with Crippen molar-refractivity contribution < 1.29 is 19.2 Å². The van der Waals surface area contributed by atoms with Crippen LogP contribution in [0.5, 0.6) is 0 Å². The first-order valence-electron chi connectivity index (χ1n) is 10.4. The van der Waals surface area contributed by atoms with Crippen LogP contribution in [0.3, 0.4) is 0 Å². The van der Waals surface area contributed by atoms with Crippen molar-refractivity contribution in [2.45, 2.75) is 45.2 Å². The molecule has 1 aliphatic rings. The number of aromatic nitrogens is 2. The van der Waals surface area contributed by atoms with E-state index in [-0.39, 0.29) is 24.1 Å². The molecule has 11 heteroatoms.